The Labute approximate surface area is 184 Å². The highest BCUT2D eigenvalue weighted by Gasteiger charge is 2.31. The number of aliphatic imine (C=N–C) groups is 1. The Balaban J connectivity index is 0.00000364. The Morgan fingerprint density at radius 3 is 2.59 bits per heavy atom. The molecule has 2 heterocycles. The lowest BCUT2D eigenvalue weighted by molar-refractivity contribution is 0.265. The van der Waals surface area contributed by atoms with E-state index in [4.69, 9.17) is 4.99 Å². The maximum absolute atomic E-state index is 4.84. The summed E-state index contributed by atoms with van der Waals surface area (Å²) in [4.78, 5) is 12.4. The fraction of sp³-hybridized carbons (Fsp3) is 0.950. The summed E-state index contributed by atoms with van der Waals surface area (Å²) < 4.78 is 0. The van der Waals surface area contributed by atoms with Crippen LogP contribution in [0.3, 0.4) is 0 Å². The lowest BCUT2D eigenvalue weighted by Crippen LogP contribution is -2.47. The normalized spacial score (nSPS) is 26.1. The van der Waals surface area contributed by atoms with E-state index in [1.807, 2.05) is 0 Å². The van der Waals surface area contributed by atoms with Crippen LogP contribution in [0, 0.1) is 5.92 Å². The van der Waals surface area contributed by atoms with Crippen molar-refractivity contribution in [3.63, 3.8) is 0 Å². The van der Waals surface area contributed by atoms with Gasteiger partial charge in [0.15, 0.2) is 5.96 Å². The second-order valence-corrected chi connectivity index (χ2v) is 8.39. The Kier molecular flexibility index (Phi) is 12.2. The summed E-state index contributed by atoms with van der Waals surface area (Å²) in [5.41, 5.74) is 0. The van der Waals surface area contributed by atoms with Crippen LogP contribution in [-0.2, 0) is 0 Å². The zero-order chi connectivity index (χ0) is 18.9. The number of halogens is 1. The van der Waals surface area contributed by atoms with Crippen LogP contribution >= 0.6 is 24.0 Å². The Morgan fingerprint density at radius 1 is 1.15 bits per heavy atom. The van der Waals surface area contributed by atoms with Crippen molar-refractivity contribution in [3.05, 3.63) is 0 Å². The minimum absolute atomic E-state index is 0. The lowest BCUT2D eigenvalue weighted by Gasteiger charge is -2.22. The van der Waals surface area contributed by atoms with Crippen molar-refractivity contribution in [2.75, 3.05) is 66.0 Å². The molecular weight excluding hydrogens is 451 g/mol. The standard InChI is InChI=1S/C20H42N6.HI/c1-6-21-20(23-19-16-26(17(2)3)15-18(19)4)22-9-7-11-25-12-8-10-24(5)13-14-25;/h17-19H,6-16H2,1-5H3,(H2,21,22,23);1H. The minimum atomic E-state index is 0. The number of likely N-dealkylation sites (tertiary alicyclic amines) is 1. The quantitative estimate of drug-likeness (QED) is 0.245. The van der Waals surface area contributed by atoms with Crippen molar-refractivity contribution >= 4 is 29.9 Å². The van der Waals surface area contributed by atoms with Crippen LogP contribution in [0.4, 0.5) is 0 Å². The van der Waals surface area contributed by atoms with E-state index in [0.717, 1.165) is 38.6 Å². The van der Waals surface area contributed by atoms with E-state index in [-0.39, 0.29) is 24.0 Å². The van der Waals surface area contributed by atoms with Gasteiger partial charge in [-0.05, 0) is 66.2 Å². The van der Waals surface area contributed by atoms with Gasteiger partial charge in [-0.3, -0.25) is 9.89 Å². The Morgan fingerprint density at radius 2 is 1.93 bits per heavy atom. The molecule has 6 nitrogen and oxygen atoms in total. The first-order chi connectivity index (χ1) is 12.5. The second-order valence-electron chi connectivity index (χ2n) is 8.39. The highest BCUT2D eigenvalue weighted by atomic mass is 127. The van der Waals surface area contributed by atoms with Gasteiger partial charge in [-0.15, -0.1) is 24.0 Å². The van der Waals surface area contributed by atoms with Crippen LogP contribution in [0.15, 0.2) is 4.99 Å². The molecule has 2 rings (SSSR count). The molecule has 0 bridgehead atoms. The van der Waals surface area contributed by atoms with Crippen LogP contribution < -0.4 is 10.6 Å². The molecule has 0 aromatic rings. The van der Waals surface area contributed by atoms with Crippen LogP contribution in [0.25, 0.3) is 0 Å². The molecule has 2 N–H and O–H groups in total. The van der Waals surface area contributed by atoms with Crippen LogP contribution in [0.2, 0.25) is 0 Å². The average Bonchev–Trinajstić information content (AvgIpc) is 2.83. The number of rotatable bonds is 7. The molecule has 2 unspecified atom stereocenters. The predicted octanol–water partition coefficient (Wildman–Crippen LogP) is 1.92. The number of guanidine groups is 1. The molecule has 7 heteroatoms. The van der Waals surface area contributed by atoms with Gasteiger partial charge in [0.25, 0.3) is 0 Å². The summed E-state index contributed by atoms with van der Waals surface area (Å²) in [5, 5.41) is 7.11. The van der Waals surface area contributed by atoms with E-state index >= 15 is 0 Å². The summed E-state index contributed by atoms with van der Waals surface area (Å²) >= 11 is 0. The topological polar surface area (TPSA) is 46.1 Å². The third-order valence-electron chi connectivity index (χ3n) is 5.75. The molecule has 0 aromatic heterocycles. The van der Waals surface area contributed by atoms with Gasteiger partial charge < -0.3 is 20.4 Å². The van der Waals surface area contributed by atoms with Crippen molar-refractivity contribution in [2.45, 2.75) is 52.6 Å². The number of nitrogens with zero attached hydrogens (tertiary/aromatic N) is 4. The first-order valence-electron chi connectivity index (χ1n) is 10.7. The van der Waals surface area contributed by atoms with Gasteiger partial charge in [0.2, 0.25) is 0 Å². The summed E-state index contributed by atoms with van der Waals surface area (Å²) in [6.07, 6.45) is 2.43. The highest BCUT2D eigenvalue weighted by Crippen LogP contribution is 2.18. The monoisotopic (exact) mass is 494 g/mol. The third kappa shape index (κ3) is 8.83. The molecule has 2 aliphatic rings. The first kappa shape index (κ1) is 24.9. The van der Waals surface area contributed by atoms with Gasteiger partial charge in [-0.25, -0.2) is 0 Å². The molecule has 2 atom stereocenters. The van der Waals surface area contributed by atoms with E-state index in [9.17, 15) is 0 Å². The number of likely N-dealkylation sites (N-methyl/N-ethyl adjacent to an activating group) is 1. The smallest absolute Gasteiger partial charge is 0.191 e. The summed E-state index contributed by atoms with van der Waals surface area (Å²) in [6.45, 7) is 19.2. The zero-order valence-corrected chi connectivity index (χ0v) is 20.5. The molecule has 2 fully saturated rings. The maximum Gasteiger partial charge on any atom is 0.191 e. The number of hydrogen-bond acceptors (Lipinski definition) is 4. The van der Waals surface area contributed by atoms with Gasteiger partial charge in [-0.2, -0.15) is 0 Å². The fourth-order valence-corrected chi connectivity index (χ4v) is 3.92. The van der Waals surface area contributed by atoms with Gasteiger partial charge in [0.05, 0.1) is 0 Å². The third-order valence-corrected chi connectivity index (χ3v) is 5.75. The number of nitrogens with one attached hydrogen (secondary N) is 2. The minimum Gasteiger partial charge on any atom is -0.357 e. The van der Waals surface area contributed by atoms with Crippen molar-refractivity contribution < 1.29 is 0 Å². The lowest BCUT2D eigenvalue weighted by atomic mass is 10.1. The van der Waals surface area contributed by atoms with Crippen molar-refractivity contribution in [1.29, 1.82) is 0 Å². The molecular formula is C20H43IN6. The van der Waals surface area contributed by atoms with E-state index in [2.05, 4.69) is 60.1 Å². The maximum atomic E-state index is 4.84. The van der Waals surface area contributed by atoms with E-state index < -0.39 is 0 Å². The van der Waals surface area contributed by atoms with E-state index in [1.54, 1.807) is 0 Å². The fourth-order valence-electron chi connectivity index (χ4n) is 3.92. The largest absolute Gasteiger partial charge is 0.357 e. The van der Waals surface area contributed by atoms with E-state index in [1.165, 1.54) is 39.1 Å². The molecule has 27 heavy (non-hydrogen) atoms. The molecule has 2 saturated heterocycles. The van der Waals surface area contributed by atoms with Gasteiger partial charge in [0, 0.05) is 51.4 Å². The molecule has 2 aliphatic heterocycles. The Hall–Kier alpha value is -0.120. The first-order valence-corrected chi connectivity index (χ1v) is 10.7. The van der Waals surface area contributed by atoms with Crippen LogP contribution in [-0.4, -0.2) is 98.7 Å². The molecule has 0 aromatic carbocycles. The molecule has 160 valence electrons. The SMILES string of the molecule is CCNC(=NCCCN1CCCN(C)CC1)NC1CN(C(C)C)CC1C.I. The van der Waals surface area contributed by atoms with Crippen molar-refractivity contribution in [1.82, 2.24) is 25.3 Å². The summed E-state index contributed by atoms with van der Waals surface area (Å²) in [5.74, 6) is 1.65. The predicted molar refractivity (Wildman–Crippen MR) is 127 cm³/mol. The Bertz CT molecular complexity index is 431. The highest BCUT2D eigenvalue weighted by molar-refractivity contribution is 14.0. The van der Waals surface area contributed by atoms with E-state index in [0.29, 0.717) is 18.0 Å². The van der Waals surface area contributed by atoms with Gasteiger partial charge in [0.1, 0.15) is 0 Å². The average molecular weight is 495 g/mol. The van der Waals surface area contributed by atoms with Crippen molar-refractivity contribution in [2.24, 2.45) is 10.9 Å². The molecule has 0 aliphatic carbocycles. The molecule has 0 saturated carbocycles. The molecule has 0 amide bonds. The summed E-state index contributed by atoms with van der Waals surface area (Å²) in [7, 11) is 2.23. The van der Waals surface area contributed by atoms with Crippen molar-refractivity contribution in [3.8, 4) is 0 Å². The van der Waals surface area contributed by atoms with Crippen LogP contribution in [0.1, 0.15) is 40.5 Å². The molecule has 0 radical (unpaired) electrons. The van der Waals surface area contributed by atoms with Gasteiger partial charge in [-0.1, -0.05) is 6.92 Å². The second kappa shape index (κ2) is 13.2. The zero-order valence-electron chi connectivity index (χ0n) is 18.2. The summed E-state index contributed by atoms with van der Waals surface area (Å²) in [6, 6.07) is 1.12. The molecule has 0 spiro atoms. The van der Waals surface area contributed by atoms with Crippen LogP contribution in [0.5, 0.6) is 0 Å². The number of hydrogen-bond donors (Lipinski definition) is 2. The van der Waals surface area contributed by atoms with Gasteiger partial charge >= 0.3 is 0 Å².